The second-order valence-electron chi connectivity index (χ2n) is 4.04. The van der Waals surface area contributed by atoms with E-state index in [1.54, 1.807) is 24.4 Å². The zero-order chi connectivity index (χ0) is 12.6. The molecule has 3 N–H and O–H groups in total. The third-order valence-corrected chi connectivity index (χ3v) is 4.16. The number of aromatic nitrogens is 2. The molecule has 2 aromatic rings. The van der Waals surface area contributed by atoms with Gasteiger partial charge in [-0.05, 0) is 30.2 Å². The normalized spacial score (nSPS) is 14.0. The van der Waals surface area contributed by atoms with Crippen molar-refractivity contribution in [2.45, 2.75) is 11.3 Å². The van der Waals surface area contributed by atoms with E-state index in [-0.39, 0.29) is 10.8 Å². The molecule has 18 heavy (non-hydrogen) atoms. The second-order valence-corrected chi connectivity index (χ2v) is 5.72. The third-order valence-electron chi connectivity index (χ3n) is 2.83. The van der Waals surface area contributed by atoms with E-state index in [0.29, 0.717) is 0 Å². The highest BCUT2D eigenvalue weighted by molar-refractivity contribution is 7.92. The van der Waals surface area contributed by atoms with Gasteiger partial charge in [-0.2, -0.15) is 0 Å². The molecule has 94 valence electrons. The molecule has 0 fully saturated rings. The minimum absolute atomic E-state index is 0.216. The van der Waals surface area contributed by atoms with E-state index >= 15 is 0 Å². The zero-order valence-electron chi connectivity index (χ0n) is 9.47. The maximum absolute atomic E-state index is 12.1. The largest absolute Gasteiger partial charge is 0.384 e. The van der Waals surface area contributed by atoms with Crippen LogP contribution in [-0.2, 0) is 16.4 Å². The summed E-state index contributed by atoms with van der Waals surface area (Å²) in [5.41, 5.74) is 2.03. The van der Waals surface area contributed by atoms with Crippen LogP contribution < -0.4 is 10.0 Å². The van der Waals surface area contributed by atoms with Gasteiger partial charge in [0.05, 0.1) is 4.90 Å². The standard InChI is InChI=1S/C11H12N4O2S/c16-18(17,15-11-13-5-6-14-11)9-1-2-10-8(7-9)3-4-12-10/h1-2,5-7,12H,3-4H2,(H2,13,14,15). The fourth-order valence-corrected chi connectivity index (χ4v) is 2.98. The minimum Gasteiger partial charge on any atom is -0.384 e. The average Bonchev–Trinajstić information content (AvgIpc) is 2.97. The maximum atomic E-state index is 12.1. The van der Waals surface area contributed by atoms with Crippen LogP contribution in [0.5, 0.6) is 0 Å². The summed E-state index contributed by atoms with van der Waals surface area (Å²) in [7, 11) is -3.58. The van der Waals surface area contributed by atoms with Crippen LogP contribution in [0.3, 0.4) is 0 Å². The SMILES string of the molecule is O=S(=O)(Nc1ncc[nH]1)c1ccc2c(c1)CCN2. The van der Waals surface area contributed by atoms with Gasteiger partial charge in [-0.15, -0.1) is 0 Å². The van der Waals surface area contributed by atoms with Crippen molar-refractivity contribution in [2.24, 2.45) is 0 Å². The highest BCUT2D eigenvalue weighted by atomic mass is 32.2. The minimum atomic E-state index is -3.58. The van der Waals surface area contributed by atoms with Gasteiger partial charge < -0.3 is 10.3 Å². The molecule has 1 aliphatic rings. The van der Waals surface area contributed by atoms with Gasteiger partial charge >= 0.3 is 0 Å². The number of aromatic amines is 1. The first-order chi connectivity index (χ1) is 8.65. The lowest BCUT2D eigenvalue weighted by Gasteiger charge is -2.07. The summed E-state index contributed by atoms with van der Waals surface area (Å²) in [6.45, 7) is 0.852. The first-order valence-corrected chi connectivity index (χ1v) is 7.02. The van der Waals surface area contributed by atoms with Crippen molar-refractivity contribution in [1.82, 2.24) is 9.97 Å². The molecular formula is C11H12N4O2S. The zero-order valence-corrected chi connectivity index (χ0v) is 10.3. The number of imidazole rings is 1. The molecule has 0 atom stereocenters. The number of hydrogen-bond acceptors (Lipinski definition) is 4. The van der Waals surface area contributed by atoms with Gasteiger partial charge in [0.1, 0.15) is 0 Å². The number of benzene rings is 1. The van der Waals surface area contributed by atoms with E-state index in [1.165, 1.54) is 6.20 Å². The van der Waals surface area contributed by atoms with Gasteiger partial charge in [0.15, 0.2) is 0 Å². The summed E-state index contributed by atoms with van der Waals surface area (Å²) in [5.74, 6) is 0.216. The van der Waals surface area contributed by atoms with E-state index in [0.717, 1.165) is 24.2 Å². The van der Waals surface area contributed by atoms with Gasteiger partial charge in [-0.3, -0.25) is 0 Å². The summed E-state index contributed by atoms with van der Waals surface area (Å²) >= 11 is 0. The molecule has 0 radical (unpaired) electrons. The number of H-pyrrole nitrogens is 1. The molecule has 3 rings (SSSR count). The number of hydrogen-bond donors (Lipinski definition) is 3. The monoisotopic (exact) mass is 264 g/mol. The number of nitrogens with one attached hydrogen (secondary N) is 3. The fourth-order valence-electron chi connectivity index (χ4n) is 1.96. The summed E-state index contributed by atoms with van der Waals surface area (Å²) in [6.07, 6.45) is 3.90. The van der Waals surface area contributed by atoms with Crippen molar-refractivity contribution >= 4 is 21.7 Å². The third kappa shape index (κ3) is 1.92. The Bertz CT molecular complexity index is 664. The molecule has 7 heteroatoms. The van der Waals surface area contributed by atoms with E-state index in [2.05, 4.69) is 20.0 Å². The van der Waals surface area contributed by atoms with Crippen LogP contribution in [0, 0.1) is 0 Å². The Hall–Kier alpha value is -2.02. The fraction of sp³-hybridized carbons (Fsp3) is 0.182. The molecular weight excluding hydrogens is 252 g/mol. The molecule has 0 aliphatic carbocycles. The Morgan fingerprint density at radius 1 is 1.33 bits per heavy atom. The van der Waals surface area contributed by atoms with Crippen LogP contribution in [-0.4, -0.2) is 24.9 Å². The van der Waals surface area contributed by atoms with Crippen LogP contribution in [0.1, 0.15) is 5.56 Å². The average molecular weight is 264 g/mol. The molecule has 1 aromatic heterocycles. The van der Waals surface area contributed by atoms with E-state index in [9.17, 15) is 8.42 Å². The van der Waals surface area contributed by atoms with Gasteiger partial charge in [-0.1, -0.05) is 0 Å². The second kappa shape index (κ2) is 4.02. The lowest BCUT2D eigenvalue weighted by molar-refractivity contribution is 0.601. The molecule has 0 bridgehead atoms. The number of nitrogens with zero attached hydrogens (tertiary/aromatic N) is 1. The molecule has 0 amide bonds. The molecule has 2 heterocycles. The summed E-state index contributed by atoms with van der Waals surface area (Å²) in [6, 6.07) is 5.07. The van der Waals surface area contributed by atoms with Gasteiger partial charge in [0, 0.05) is 24.6 Å². The molecule has 0 unspecified atom stereocenters. The Morgan fingerprint density at radius 2 is 2.22 bits per heavy atom. The predicted octanol–water partition coefficient (Wildman–Crippen LogP) is 1.18. The van der Waals surface area contributed by atoms with Gasteiger partial charge in [0.2, 0.25) is 5.95 Å². The van der Waals surface area contributed by atoms with Crippen molar-refractivity contribution in [3.8, 4) is 0 Å². The van der Waals surface area contributed by atoms with Crippen molar-refractivity contribution in [3.05, 3.63) is 36.2 Å². The van der Waals surface area contributed by atoms with Crippen LogP contribution in [0.4, 0.5) is 11.6 Å². The first-order valence-electron chi connectivity index (χ1n) is 5.54. The predicted molar refractivity (Wildman–Crippen MR) is 68.0 cm³/mol. The van der Waals surface area contributed by atoms with Crippen LogP contribution in [0.25, 0.3) is 0 Å². The van der Waals surface area contributed by atoms with Crippen LogP contribution in [0.15, 0.2) is 35.5 Å². The van der Waals surface area contributed by atoms with Crippen LogP contribution in [0.2, 0.25) is 0 Å². The highest BCUT2D eigenvalue weighted by Gasteiger charge is 2.18. The van der Waals surface area contributed by atoms with E-state index in [1.807, 2.05) is 0 Å². The Kier molecular flexibility index (Phi) is 2.48. The number of fused-ring (bicyclic) bond motifs is 1. The smallest absolute Gasteiger partial charge is 0.264 e. The molecule has 0 saturated carbocycles. The first kappa shape index (κ1) is 11.1. The Balaban J connectivity index is 1.94. The highest BCUT2D eigenvalue weighted by Crippen LogP contribution is 2.25. The summed E-state index contributed by atoms with van der Waals surface area (Å²) < 4.78 is 26.6. The summed E-state index contributed by atoms with van der Waals surface area (Å²) in [4.78, 5) is 6.79. The molecule has 0 spiro atoms. The quantitative estimate of drug-likeness (QED) is 0.777. The Morgan fingerprint density at radius 3 is 3.00 bits per heavy atom. The molecule has 0 saturated heterocycles. The van der Waals surface area contributed by atoms with Gasteiger partial charge in [-0.25, -0.2) is 18.1 Å². The Labute approximate surface area is 105 Å². The number of sulfonamides is 1. The van der Waals surface area contributed by atoms with E-state index in [4.69, 9.17) is 0 Å². The lowest BCUT2D eigenvalue weighted by Crippen LogP contribution is -2.14. The molecule has 6 nitrogen and oxygen atoms in total. The van der Waals surface area contributed by atoms with E-state index < -0.39 is 10.0 Å². The topological polar surface area (TPSA) is 86.9 Å². The molecule has 1 aliphatic heterocycles. The number of rotatable bonds is 3. The molecule has 1 aromatic carbocycles. The van der Waals surface area contributed by atoms with Crippen molar-refractivity contribution in [1.29, 1.82) is 0 Å². The van der Waals surface area contributed by atoms with Crippen molar-refractivity contribution < 1.29 is 8.42 Å². The van der Waals surface area contributed by atoms with Crippen LogP contribution >= 0.6 is 0 Å². The number of anilines is 2. The summed E-state index contributed by atoms with van der Waals surface area (Å²) in [5, 5.41) is 3.19. The van der Waals surface area contributed by atoms with Crippen molar-refractivity contribution in [2.75, 3.05) is 16.6 Å². The maximum Gasteiger partial charge on any atom is 0.264 e. The van der Waals surface area contributed by atoms with Crippen molar-refractivity contribution in [3.63, 3.8) is 0 Å². The van der Waals surface area contributed by atoms with Gasteiger partial charge in [0.25, 0.3) is 10.0 Å². The lowest BCUT2D eigenvalue weighted by atomic mass is 10.2.